The van der Waals surface area contributed by atoms with Crippen molar-refractivity contribution in [3.05, 3.63) is 21.9 Å². The quantitative estimate of drug-likeness (QED) is 0.781. The molecule has 0 aliphatic carbocycles. The van der Waals surface area contributed by atoms with E-state index in [0.29, 0.717) is 5.41 Å². The van der Waals surface area contributed by atoms with E-state index < -0.39 is 0 Å². The van der Waals surface area contributed by atoms with Crippen LogP contribution in [0.3, 0.4) is 0 Å². The van der Waals surface area contributed by atoms with Gasteiger partial charge < -0.3 is 5.32 Å². The lowest BCUT2D eigenvalue weighted by Gasteiger charge is -2.27. The van der Waals surface area contributed by atoms with Gasteiger partial charge in [0.1, 0.15) is 0 Å². The molecule has 1 aromatic heterocycles. The Hall–Kier alpha value is -0.340. The molecule has 1 nitrogen and oxygen atoms in total. The van der Waals surface area contributed by atoms with E-state index in [4.69, 9.17) is 0 Å². The Morgan fingerprint density at radius 2 is 1.93 bits per heavy atom. The highest BCUT2D eigenvalue weighted by atomic mass is 32.1. The summed E-state index contributed by atoms with van der Waals surface area (Å²) in [5.41, 5.74) is 0.407. The van der Waals surface area contributed by atoms with Gasteiger partial charge in [-0.15, -0.1) is 11.3 Å². The summed E-state index contributed by atoms with van der Waals surface area (Å²) < 4.78 is 0. The van der Waals surface area contributed by atoms with Crippen LogP contribution in [0.25, 0.3) is 0 Å². The molecule has 15 heavy (non-hydrogen) atoms. The van der Waals surface area contributed by atoms with Crippen LogP contribution >= 0.6 is 11.3 Å². The summed E-state index contributed by atoms with van der Waals surface area (Å²) >= 11 is 1.97. The lowest BCUT2D eigenvalue weighted by molar-refractivity contribution is 0.301. The first-order valence-electron chi connectivity index (χ1n) is 5.85. The Kier molecular flexibility index (Phi) is 4.81. The first-order valence-corrected chi connectivity index (χ1v) is 6.67. The van der Waals surface area contributed by atoms with Crippen molar-refractivity contribution in [3.63, 3.8) is 0 Å². The fourth-order valence-corrected chi connectivity index (χ4v) is 3.04. The normalized spacial score (nSPS) is 15.2. The molecule has 0 saturated carbocycles. The minimum Gasteiger partial charge on any atom is -0.319 e. The van der Waals surface area contributed by atoms with Gasteiger partial charge in [-0.05, 0) is 43.9 Å². The lowest BCUT2D eigenvalue weighted by Crippen LogP contribution is -2.30. The molecular formula is C13H23NS. The van der Waals surface area contributed by atoms with Gasteiger partial charge in [-0.1, -0.05) is 20.8 Å². The van der Waals surface area contributed by atoms with Crippen molar-refractivity contribution in [1.29, 1.82) is 0 Å². The van der Waals surface area contributed by atoms with Gasteiger partial charge in [0, 0.05) is 16.3 Å². The molecule has 2 heteroatoms. The van der Waals surface area contributed by atoms with Crippen molar-refractivity contribution >= 4 is 11.3 Å². The molecule has 1 N–H and O–H groups in total. The molecule has 0 amide bonds. The fourth-order valence-electron chi connectivity index (χ4n) is 1.87. The molecule has 1 atom stereocenters. The highest BCUT2D eigenvalue weighted by Crippen LogP contribution is 2.29. The Bertz CT molecular complexity index is 292. The largest absolute Gasteiger partial charge is 0.319 e. The minimum absolute atomic E-state index is 0.407. The maximum absolute atomic E-state index is 3.30. The number of hydrogen-bond acceptors (Lipinski definition) is 2. The molecule has 0 fully saturated rings. The highest BCUT2D eigenvalue weighted by molar-refractivity contribution is 7.11. The monoisotopic (exact) mass is 225 g/mol. The van der Waals surface area contributed by atoms with Crippen LogP contribution in [0.15, 0.2) is 12.1 Å². The van der Waals surface area contributed by atoms with Crippen molar-refractivity contribution < 1.29 is 0 Å². The van der Waals surface area contributed by atoms with E-state index >= 15 is 0 Å². The molecule has 0 aliphatic heterocycles. The first kappa shape index (κ1) is 12.7. The van der Waals surface area contributed by atoms with Crippen LogP contribution in [-0.4, -0.2) is 13.6 Å². The molecule has 86 valence electrons. The van der Waals surface area contributed by atoms with Gasteiger partial charge in [0.15, 0.2) is 0 Å². The second-order valence-corrected chi connectivity index (χ2v) is 5.85. The first-order chi connectivity index (χ1) is 7.13. The molecule has 0 bridgehead atoms. The molecule has 1 unspecified atom stereocenters. The van der Waals surface area contributed by atoms with Gasteiger partial charge in [-0.25, -0.2) is 0 Å². The summed E-state index contributed by atoms with van der Waals surface area (Å²) in [6, 6.07) is 4.57. The number of thiophene rings is 1. The zero-order valence-electron chi connectivity index (χ0n) is 10.4. The van der Waals surface area contributed by atoms with Gasteiger partial charge in [0.05, 0.1) is 0 Å². The van der Waals surface area contributed by atoms with Crippen molar-refractivity contribution in [2.24, 2.45) is 5.41 Å². The lowest BCUT2D eigenvalue weighted by atomic mass is 9.83. The van der Waals surface area contributed by atoms with E-state index in [1.807, 2.05) is 18.4 Å². The minimum atomic E-state index is 0.407. The standard InChI is InChI=1S/C13H23NS/c1-5-11-7-8-12(15-11)9-13(3,6-2)10-14-4/h7-8,14H,5-6,9-10H2,1-4H3. The fraction of sp³-hybridized carbons (Fsp3) is 0.692. The van der Waals surface area contributed by atoms with E-state index in [9.17, 15) is 0 Å². The molecule has 0 aliphatic rings. The van der Waals surface area contributed by atoms with Crippen molar-refractivity contribution in [3.8, 4) is 0 Å². The van der Waals surface area contributed by atoms with E-state index in [1.165, 1.54) is 29.0 Å². The summed E-state index contributed by atoms with van der Waals surface area (Å²) in [5, 5.41) is 3.30. The summed E-state index contributed by atoms with van der Waals surface area (Å²) in [6.45, 7) is 7.98. The van der Waals surface area contributed by atoms with Crippen molar-refractivity contribution in [2.75, 3.05) is 13.6 Å². The van der Waals surface area contributed by atoms with Gasteiger partial charge in [0.25, 0.3) is 0 Å². The zero-order chi connectivity index (χ0) is 11.3. The van der Waals surface area contributed by atoms with Gasteiger partial charge in [-0.2, -0.15) is 0 Å². The second-order valence-electron chi connectivity index (χ2n) is 4.59. The van der Waals surface area contributed by atoms with E-state index in [1.54, 1.807) is 0 Å². The summed E-state index contributed by atoms with van der Waals surface area (Å²) in [7, 11) is 2.04. The summed E-state index contributed by atoms with van der Waals surface area (Å²) in [6.07, 6.45) is 3.60. The van der Waals surface area contributed by atoms with Crippen LogP contribution in [0.5, 0.6) is 0 Å². The third-order valence-electron chi connectivity index (χ3n) is 3.12. The van der Waals surface area contributed by atoms with Gasteiger partial charge in [0.2, 0.25) is 0 Å². The number of aryl methyl sites for hydroxylation is 1. The topological polar surface area (TPSA) is 12.0 Å². The predicted molar refractivity (Wildman–Crippen MR) is 69.7 cm³/mol. The molecule has 0 spiro atoms. The summed E-state index contributed by atoms with van der Waals surface area (Å²) in [5.74, 6) is 0. The van der Waals surface area contributed by atoms with Crippen LogP contribution in [0.4, 0.5) is 0 Å². The van der Waals surface area contributed by atoms with E-state index in [-0.39, 0.29) is 0 Å². The van der Waals surface area contributed by atoms with Crippen LogP contribution in [0, 0.1) is 5.41 Å². The van der Waals surface area contributed by atoms with Crippen LogP contribution in [0.2, 0.25) is 0 Å². The molecule has 0 radical (unpaired) electrons. The Labute approximate surface area is 97.9 Å². The average Bonchev–Trinajstić information content (AvgIpc) is 2.66. The van der Waals surface area contributed by atoms with Gasteiger partial charge in [-0.3, -0.25) is 0 Å². The molecule has 1 aromatic rings. The smallest absolute Gasteiger partial charge is 0.00540 e. The molecule has 1 rings (SSSR count). The van der Waals surface area contributed by atoms with Crippen LogP contribution in [0.1, 0.15) is 36.9 Å². The van der Waals surface area contributed by atoms with Crippen LogP contribution in [-0.2, 0) is 12.8 Å². The van der Waals surface area contributed by atoms with Gasteiger partial charge >= 0.3 is 0 Å². The third kappa shape index (κ3) is 3.62. The van der Waals surface area contributed by atoms with E-state index in [0.717, 1.165) is 6.54 Å². The number of hydrogen-bond donors (Lipinski definition) is 1. The molecule has 0 saturated heterocycles. The second kappa shape index (κ2) is 5.66. The highest BCUT2D eigenvalue weighted by Gasteiger charge is 2.22. The third-order valence-corrected chi connectivity index (χ3v) is 4.35. The van der Waals surface area contributed by atoms with Crippen LogP contribution < -0.4 is 5.32 Å². The zero-order valence-corrected chi connectivity index (χ0v) is 11.2. The van der Waals surface area contributed by atoms with E-state index in [2.05, 4.69) is 38.2 Å². The number of nitrogens with one attached hydrogen (secondary N) is 1. The molecule has 1 heterocycles. The molecular weight excluding hydrogens is 202 g/mol. The maximum atomic E-state index is 3.30. The SMILES string of the molecule is CCc1ccc(CC(C)(CC)CNC)s1. The average molecular weight is 225 g/mol. The maximum Gasteiger partial charge on any atom is 0.00540 e. The van der Waals surface area contributed by atoms with Crippen molar-refractivity contribution in [2.45, 2.75) is 40.0 Å². The Balaban J connectivity index is 2.65. The van der Waals surface area contributed by atoms with Crippen molar-refractivity contribution in [1.82, 2.24) is 5.32 Å². The predicted octanol–water partition coefficient (Wildman–Crippen LogP) is 3.49. The molecule has 0 aromatic carbocycles. The Morgan fingerprint density at radius 3 is 2.40 bits per heavy atom. The number of rotatable bonds is 6. The Morgan fingerprint density at radius 1 is 1.27 bits per heavy atom. The summed E-state index contributed by atoms with van der Waals surface area (Å²) in [4.78, 5) is 3.04.